The Bertz CT molecular complexity index is 437. The lowest BCUT2D eigenvalue weighted by Gasteiger charge is -2.39. The van der Waals surface area contributed by atoms with Gasteiger partial charge in [0.05, 0.1) is 19.3 Å². The van der Waals surface area contributed by atoms with Crippen LogP contribution in [0.25, 0.3) is 0 Å². The second-order valence-corrected chi connectivity index (χ2v) is 4.67. The molecule has 1 heterocycles. The van der Waals surface area contributed by atoms with Crippen LogP contribution < -0.4 is 0 Å². The normalized spacial score (nSPS) is 20.5. The first-order chi connectivity index (χ1) is 8.18. The lowest BCUT2D eigenvalue weighted by molar-refractivity contribution is 0.000466. The van der Waals surface area contributed by atoms with Crippen LogP contribution >= 0.6 is 11.6 Å². The van der Waals surface area contributed by atoms with Gasteiger partial charge in [0.1, 0.15) is 5.54 Å². The highest BCUT2D eigenvalue weighted by Gasteiger charge is 2.36. The highest BCUT2D eigenvalue weighted by atomic mass is 35.5. The fourth-order valence-corrected chi connectivity index (χ4v) is 2.49. The van der Waals surface area contributed by atoms with Gasteiger partial charge in [-0.25, -0.2) is 0 Å². The minimum Gasteiger partial charge on any atom is -0.379 e. The summed E-state index contributed by atoms with van der Waals surface area (Å²) in [6.07, 6.45) is 0. The second-order valence-electron chi connectivity index (χ2n) is 4.26. The first-order valence-electron chi connectivity index (χ1n) is 5.67. The van der Waals surface area contributed by atoms with Gasteiger partial charge in [-0.2, -0.15) is 5.26 Å². The van der Waals surface area contributed by atoms with Crippen molar-refractivity contribution in [3.05, 3.63) is 34.9 Å². The Morgan fingerprint density at radius 3 is 2.59 bits per heavy atom. The number of hydrogen-bond donors (Lipinski definition) is 0. The summed E-state index contributed by atoms with van der Waals surface area (Å²) in [4.78, 5) is 2.12. The summed E-state index contributed by atoms with van der Waals surface area (Å²) in [7, 11) is 0. The molecule has 1 unspecified atom stereocenters. The van der Waals surface area contributed by atoms with Gasteiger partial charge in [0.2, 0.25) is 0 Å². The molecule has 4 heteroatoms. The Labute approximate surface area is 107 Å². The highest BCUT2D eigenvalue weighted by molar-refractivity contribution is 6.31. The molecule has 3 nitrogen and oxygen atoms in total. The molecule has 17 heavy (non-hydrogen) atoms. The van der Waals surface area contributed by atoms with Gasteiger partial charge in [-0.05, 0) is 13.0 Å². The number of nitriles is 1. The smallest absolute Gasteiger partial charge is 0.133 e. The third kappa shape index (κ3) is 2.30. The molecule has 0 aromatic heterocycles. The molecule has 1 fully saturated rings. The Morgan fingerprint density at radius 2 is 2.00 bits per heavy atom. The number of morpholine rings is 1. The van der Waals surface area contributed by atoms with Gasteiger partial charge in [0, 0.05) is 23.7 Å². The third-order valence-electron chi connectivity index (χ3n) is 3.26. The standard InChI is InChI=1S/C13H15ClN2O/c1-13(10-15,16-6-8-17-9-7-16)11-4-2-3-5-12(11)14/h2-5H,6-9H2,1H3. The molecule has 90 valence electrons. The number of nitrogens with zero attached hydrogens (tertiary/aromatic N) is 2. The first kappa shape index (κ1) is 12.4. The van der Waals surface area contributed by atoms with Gasteiger partial charge in [-0.3, -0.25) is 4.90 Å². The Kier molecular flexibility index (Phi) is 3.68. The van der Waals surface area contributed by atoms with E-state index < -0.39 is 5.54 Å². The van der Waals surface area contributed by atoms with E-state index in [1.807, 2.05) is 31.2 Å². The van der Waals surface area contributed by atoms with Crippen LogP contribution in [-0.2, 0) is 10.3 Å². The van der Waals surface area contributed by atoms with Gasteiger partial charge >= 0.3 is 0 Å². The molecule has 1 aliphatic heterocycles. The molecule has 0 aliphatic carbocycles. The molecule has 0 saturated carbocycles. The molecule has 0 bridgehead atoms. The average Bonchev–Trinajstić information content (AvgIpc) is 2.39. The maximum absolute atomic E-state index is 9.52. The van der Waals surface area contributed by atoms with E-state index in [4.69, 9.17) is 16.3 Å². The largest absolute Gasteiger partial charge is 0.379 e. The molecule has 0 spiro atoms. The van der Waals surface area contributed by atoms with E-state index in [0.717, 1.165) is 18.7 Å². The Morgan fingerprint density at radius 1 is 1.35 bits per heavy atom. The monoisotopic (exact) mass is 250 g/mol. The molecule has 0 amide bonds. The average molecular weight is 251 g/mol. The van der Waals surface area contributed by atoms with Crippen LogP contribution in [0.1, 0.15) is 12.5 Å². The van der Waals surface area contributed by atoms with E-state index in [2.05, 4.69) is 11.0 Å². The van der Waals surface area contributed by atoms with Crippen molar-refractivity contribution in [3.8, 4) is 6.07 Å². The van der Waals surface area contributed by atoms with E-state index in [1.165, 1.54) is 0 Å². The van der Waals surface area contributed by atoms with Crippen molar-refractivity contribution in [2.75, 3.05) is 26.3 Å². The van der Waals surface area contributed by atoms with Crippen LogP contribution in [0.2, 0.25) is 5.02 Å². The predicted octanol–water partition coefficient (Wildman–Crippen LogP) is 2.41. The zero-order valence-corrected chi connectivity index (χ0v) is 10.6. The molecular formula is C13H15ClN2O. The van der Waals surface area contributed by atoms with Crippen LogP contribution in [0.3, 0.4) is 0 Å². The van der Waals surface area contributed by atoms with Crippen molar-refractivity contribution in [1.82, 2.24) is 4.90 Å². The zero-order valence-electron chi connectivity index (χ0n) is 9.82. The first-order valence-corrected chi connectivity index (χ1v) is 6.05. The molecular weight excluding hydrogens is 236 g/mol. The molecule has 0 radical (unpaired) electrons. The van der Waals surface area contributed by atoms with E-state index >= 15 is 0 Å². The van der Waals surface area contributed by atoms with Crippen LogP contribution in [0, 0.1) is 11.3 Å². The maximum Gasteiger partial charge on any atom is 0.133 e. The number of hydrogen-bond acceptors (Lipinski definition) is 3. The number of halogens is 1. The van der Waals surface area contributed by atoms with Crippen LogP contribution in [0.5, 0.6) is 0 Å². The summed E-state index contributed by atoms with van der Waals surface area (Å²) < 4.78 is 5.32. The summed E-state index contributed by atoms with van der Waals surface area (Å²) in [5.41, 5.74) is 0.188. The molecule has 1 aromatic rings. The Balaban J connectivity index is 2.37. The SMILES string of the molecule is CC(C#N)(c1ccccc1Cl)N1CCOCC1. The number of benzene rings is 1. The lowest BCUT2D eigenvalue weighted by Crippen LogP contribution is -2.49. The molecule has 1 atom stereocenters. The van der Waals surface area contributed by atoms with Gasteiger partial charge < -0.3 is 4.74 Å². The second kappa shape index (κ2) is 5.05. The minimum atomic E-state index is -0.678. The topological polar surface area (TPSA) is 36.3 Å². The highest BCUT2D eigenvalue weighted by Crippen LogP contribution is 2.33. The lowest BCUT2D eigenvalue weighted by atomic mass is 9.91. The van der Waals surface area contributed by atoms with Crippen molar-refractivity contribution in [3.63, 3.8) is 0 Å². The van der Waals surface area contributed by atoms with Crippen LogP contribution in [-0.4, -0.2) is 31.2 Å². The van der Waals surface area contributed by atoms with Gasteiger partial charge in [0.25, 0.3) is 0 Å². The van der Waals surface area contributed by atoms with Gasteiger partial charge in [-0.1, -0.05) is 29.8 Å². The van der Waals surface area contributed by atoms with E-state index in [1.54, 1.807) is 0 Å². The van der Waals surface area contributed by atoms with Crippen molar-refractivity contribution in [2.45, 2.75) is 12.5 Å². The third-order valence-corrected chi connectivity index (χ3v) is 3.59. The number of ether oxygens (including phenoxy) is 1. The summed E-state index contributed by atoms with van der Waals surface area (Å²) in [6.45, 7) is 4.77. The van der Waals surface area contributed by atoms with E-state index in [0.29, 0.717) is 18.2 Å². The minimum absolute atomic E-state index is 0.642. The number of rotatable bonds is 2. The van der Waals surface area contributed by atoms with Crippen molar-refractivity contribution >= 4 is 11.6 Å². The summed E-state index contributed by atoms with van der Waals surface area (Å²) in [6, 6.07) is 9.93. The summed E-state index contributed by atoms with van der Waals surface area (Å²) in [5, 5.41) is 10.2. The quantitative estimate of drug-likeness (QED) is 0.809. The Hall–Kier alpha value is -1.08. The van der Waals surface area contributed by atoms with Crippen molar-refractivity contribution in [2.24, 2.45) is 0 Å². The zero-order chi connectivity index (χ0) is 12.3. The van der Waals surface area contributed by atoms with Gasteiger partial charge in [-0.15, -0.1) is 0 Å². The van der Waals surface area contributed by atoms with E-state index in [9.17, 15) is 5.26 Å². The molecule has 0 N–H and O–H groups in total. The van der Waals surface area contributed by atoms with Crippen LogP contribution in [0.4, 0.5) is 0 Å². The van der Waals surface area contributed by atoms with E-state index in [-0.39, 0.29) is 0 Å². The summed E-state index contributed by atoms with van der Waals surface area (Å²) >= 11 is 6.20. The fraction of sp³-hybridized carbons (Fsp3) is 0.462. The van der Waals surface area contributed by atoms with Crippen molar-refractivity contribution in [1.29, 1.82) is 5.26 Å². The molecule has 1 saturated heterocycles. The van der Waals surface area contributed by atoms with Crippen molar-refractivity contribution < 1.29 is 4.74 Å². The fourth-order valence-electron chi connectivity index (χ4n) is 2.17. The van der Waals surface area contributed by atoms with Gasteiger partial charge in [0.15, 0.2) is 0 Å². The predicted molar refractivity (Wildman–Crippen MR) is 66.8 cm³/mol. The maximum atomic E-state index is 9.52. The molecule has 2 rings (SSSR count). The summed E-state index contributed by atoms with van der Waals surface area (Å²) in [5.74, 6) is 0. The van der Waals surface area contributed by atoms with Crippen LogP contribution in [0.15, 0.2) is 24.3 Å². The molecule has 1 aromatic carbocycles. The molecule has 1 aliphatic rings.